The van der Waals surface area contributed by atoms with Crippen molar-refractivity contribution < 1.29 is 9.18 Å². The minimum atomic E-state index is -0.265. The fourth-order valence-electron chi connectivity index (χ4n) is 3.21. The molecule has 140 valence electrons. The first kappa shape index (κ1) is 17.8. The zero-order valence-electron chi connectivity index (χ0n) is 14.7. The SMILES string of the molecule is O=C(CCNc1ncnc2scc(-c3ccc(F)cc3)c12)N1CCNCC1. The van der Waals surface area contributed by atoms with Crippen molar-refractivity contribution in [2.75, 3.05) is 38.0 Å². The van der Waals surface area contributed by atoms with Crippen molar-refractivity contribution in [3.8, 4) is 11.1 Å². The largest absolute Gasteiger partial charge is 0.369 e. The number of carbonyl (C=O) groups excluding carboxylic acids is 1. The Morgan fingerprint density at radius 2 is 2.00 bits per heavy atom. The van der Waals surface area contributed by atoms with Gasteiger partial charge in [-0.05, 0) is 17.7 Å². The van der Waals surface area contributed by atoms with Crippen LogP contribution < -0.4 is 10.6 Å². The maximum Gasteiger partial charge on any atom is 0.224 e. The molecule has 8 heteroatoms. The molecule has 1 fully saturated rings. The Morgan fingerprint density at radius 1 is 1.22 bits per heavy atom. The fraction of sp³-hybridized carbons (Fsp3) is 0.316. The monoisotopic (exact) mass is 385 g/mol. The summed E-state index contributed by atoms with van der Waals surface area (Å²) < 4.78 is 13.2. The number of nitrogens with one attached hydrogen (secondary N) is 2. The Labute approximate surface area is 160 Å². The van der Waals surface area contributed by atoms with Gasteiger partial charge in [0, 0.05) is 50.1 Å². The molecule has 0 saturated carbocycles. The summed E-state index contributed by atoms with van der Waals surface area (Å²) in [6.45, 7) is 3.72. The van der Waals surface area contributed by atoms with Crippen LogP contribution in [0.3, 0.4) is 0 Å². The van der Waals surface area contributed by atoms with Crippen molar-refractivity contribution in [3.63, 3.8) is 0 Å². The average molecular weight is 385 g/mol. The highest BCUT2D eigenvalue weighted by atomic mass is 32.1. The van der Waals surface area contributed by atoms with Gasteiger partial charge in [-0.3, -0.25) is 4.79 Å². The van der Waals surface area contributed by atoms with Crippen LogP contribution in [0.5, 0.6) is 0 Å². The zero-order valence-corrected chi connectivity index (χ0v) is 15.6. The highest BCUT2D eigenvalue weighted by Gasteiger charge is 2.17. The van der Waals surface area contributed by atoms with Gasteiger partial charge in [0.05, 0.1) is 5.39 Å². The van der Waals surface area contributed by atoms with Gasteiger partial charge in [-0.1, -0.05) is 12.1 Å². The molecule has 4 rings (SSSR count). The number of amides is 1. The van der Waals surface area contributed by atoms with E-state index in [1.165, 1.54) is 29.8 Å². The molecule has 1 saturated heterocycles. The van der Waals surface area contributed by atoms with Crippen LogP contribution in [0.15, 0.2) is 36.0 Å². The zero-order chi connectivity index (χ0) is 18.6. The van der Waals surface area contributed by atoms with Crippen molar-refractivity contribution in [1.29, 1.82) is 0 Å². The molecule has 0 unspecified atom stereocenters. The fourth-order valence-corrected chi connectivity index (χ4v) is 4.13. The van der Waals surface area contributed by atoms with Gasteiger partial charge in [0.2, 0.25) is 5.91 Å². The third-order valence-electron chi connectivity index (χ3n) is 4.63. The standard InChI is InChI=1S/C19H20FN5OS/c20-14-3-1-13(2-4-14)15-11-27-19-17(15)18(23-12-24-19)22-6-5-16(26)25-9-7-21-8-10-25/h1-4,11-12,21H,5-10H2,(H,22,23,24). The van der Waals surface area contributed by atoms with E-state index < -0.39 is 0 Å². The predicted molar refractivity (Wildman–Crippen MR) is 105 cm³/mol. The molecule has 1 amide bonds. The Bertz CT molecular complexity index is 937. The van der Waals surface area contributed by atoms with E-state index >= 15 is 0 Å². The van der Waals surface area contributed by atoms with E-state index in [1.807, 2.05) is 10.3 Å². The molecule has 1 aromatic carbocycles. The number of hydrogen-bond acceptors (Lipinski definition) is 6. The van der Waals surface area contributed by atoms with Crippen molar-refractivity contribution in [2.24, 2.45) is 0 Å². The molecular formula is C19H20FN5OS. The summed E-state index contributed by atoms with van der Waals surface area (Å²) in [4.78, 5) is 23.8. The molecule has 6 nitrogen and oxygen atoms in total. The van der Waals surface area contributed by atoms with Gasteiger partial charge in [-0.15, -0.1) is 11.3 Å². The number of rotatable bonds is 5. The number of piperazine rings is 1. The normalized spacial score (nSPS) is 14.5. The molecule has 0 spiro atoms. The van der Waals surface area contributed by atoms with Crippen LogP contribution in [-0.2, 0) is 4.79 Å². The van der Waals surface area contributed by atoms with E-state index in [0.29, 0.717) is 18.8 Å². The quantitative estimate of drug-likeness (QED) is 0.707. The first-order valence-corrected chi connectivity index (χ1v) is 9.81. The second kappa shape index (κ2) is 7.98. The minimum absolute atomic E-state index is 0.151. The molecule has 0 atom stereocenters. The van der Waals surface area contributed by atoms with Crippen LogP contribution in [-0.4, -0.2) is 53.5 Å². The van der Waals surface area contributed by atoms with E-state index in [2.05, 4.69) is 20.6 Å². The lowest BCUT2D eigenvalue weighted by molar-refractivity contribution is -0.131. The van der Waals surface area contributed by atoms with Gasteiger partial charge in [-0.2, -0.15) is 0 Å². The van der Waals surface area contributed by atoms with Crippen LogP contribution in [0.25, 0.3) is 21.3 Å². The third-order valence-corrected chi connectivity index (χ3v) is 5.51. The van der Waals surface area contributed by atoms with Crippen LogP contribution >= 0.6 is 11.3 Å². The topological polar surface area (TPSA) is 70.2 Å². The van der Waals surface area contributed by atoms with Crippen molar-refractivity contribution in [2.45, 2.75) is 6.42 Å². The number of benzene rings is 1. The molecule has 0 radical (unpaired) electrons. The number of anilines is 1. The van der Waals surface area contributed by atoms with E-state index in [4.69, 9.17) is 0 Å². The van der Waals surface area contributed by atoms with Crippen LogP contribution in [0.2, 0.25) is 0 Å². The number of hydrogen-bond donors (Lipinski definition) is 2. The summed E-state index contributed by atoms with van der Waals surface area (Å²) in [6, 6.07) is 6.40. The first-order valence-electron chi connectivity index (χ1n) is 8.93. The molecule has 3 heterocycles. The van der Waals surface area contributed by atoms with E-state index in [0.717, 1.165) is 47.5 Å². The molecule has 0 bridgehead atoms. The third kappa shape index (κ3) is 3.91. The number of halogens is 1. The number of aromatic nitrogens is 2. The lowest BCUT2D eigenvalue weighted by atomic mass is 10.1. The second-order valence-electron chi connectivity index (χ2n) is 6.37. The van der Waals surface area contributed by atoms with Gasteiger partial charge in [0.25, 0.3) is 0 Å². The molecule has 3 aromatic rings. The van der Waals surface area contributed by atoms with Crippen molar-refractivity contribution in [1.82, 2.24) is 20.2 Å². The number of carbonyl (C=O) groups is 1. The maximum absolute atomic E-state index is 13.2. The van der Waals surface area contributed by atoms with E-state index in [9.17, 15) is 9.18 Å². The van der Waals surface area contributed by atoms with Crippen LogP contribution in [0.4, 0.5) is 10.2 Å². The summed E-state index contributed by atoms with van der Waals surface area (Å²) in [5, 5.41) is 9.44. The Balaban J connectivity index is 1.51. The van der Waals surface area contributed by atoms with E-state index in [1.54, 1.807) is 12.1 Å². The van der Waals surface area contributed by atoms with E-state index in [-0.39, 0.29) is 11.7 Å². The molecule has 27 heavy (non-hydrogen) atoms. The minimum Gasteiger partial charge on any atom is -0.369 e. The van der Waals surface area contributed by atoms with Crippen molar-refractivity contribution >= 4 is 33.3 Å². The highest BCUT2D eigenvalue weighted by molar-refractivity contribution is 7.17. The van der Waals surface area contributed by atoms with Gasteiger partial charge in [-0.25, -0.2) is 14.4 Å². The van der Waals surface area contributed by atoms with Crippen LogP contribution in [0, 0.1) is 5.82 Å². The molecular weight excluding hydrogens is 365 g/mol. The summed E-state index contributed by atoms with van der Waals surface area (Å²) in [5.74, 6) is 0.589. The highest BCUT2D eigenvalue weighted by Crippen LogP contribution is 2.36. The smallest absolute Gasteiger partial charge is 0.224 e. The number of thiophene rings is 1. The molecule has 0 aliphatic carbocycles. The summed E-state index contributed by atoms with van der Waals surface area (Å²) in [6.07, 6.45) is 1.94. The first-order chi connectivity index (χ1) is 13.2. The second-order valence-corrected chi connectivity index (χ2v) is 7.22. The van der Waals surface area contributed by atoms with Crippen molar-refractivity contribution in [3.05, 3.63) is 41.8 Å². The summed E-state index contributed by atoms with van der Waals surface area (Å²) >= 11 is 1.52. The van der Waals surface area contributed by atoms with Gasteiger partial charge in [0.1, 0.15) is 22.8 Å². The average Bonchev–Trinajstić information content (AvgIpc) is 3.14. The lowest BCUT2D eigenvalue weighted by Gasteiger charge is -2.27. The lowest BCUT2D eigenvalue weighted by Crippen LogP contribution is -2.46. The van der Waals surface area contributed by atoms with Gasteiger partial charge < -0.3 is 15.5 Å². The Morgan fingerprint density at radius 3 is 2.78 bits per heavy atom. The number of fused-ring (bicyclic) bond motifs is 1. The maximum atomic E-state index is 13.2. The molecule has 1 aliphatic rings. The number of nitrogens with zero attached hydrogens (tertiary/aromatic N) is 3. The molecule has 1 aliphatic heterocycles. The predicted octanol–water partition coefficient (Wildman–Crippen LogP) is 2.73. The Hall–Kier alpha value is -2.58. The molecule has 2 N–H and O–H groups in total. The van der Waals surface area contributed by atoms with Crippen LogP contribution in [0.1, 0.15) is 6.42 Å². The van der Waals surface area contributed by atoms with Gasteiger partial charge in [0.15, 0.2) is 0 Å². The summed E-state index contributed by atoms with van der Waals surface area (Å²) in [5.41, 5.74) is 1.88. The van der Waals surface area contributed by atoms with Gasteiger partial charge >= 0.3 is 0 Å². The summed E-state index contributed by atoms with van der Waals surface area (Å²) in [7, 11) is 0. The molecule has 2 aromatic heterocycles. The Kier molecular flexibility index (Phi) is 5.26.